The zero-order valence-electron chi connectivity index (χ0n) is 14.1. The minimum absolute atomic E-state index is 0.0897. The molecule has 0 saturated carbocycles. The molecule has 2 heterocycles. The minimum atomic E-state index is -0.137. The summed E-state index contributed by atoms with van der Waals surface area (Å²) in [6, 6.07) is 9.31. The van der Waals surface area contributed by atoms with Gasteiger partial charge in [-0.1, -0.05) is 18.2 Å². The van der Waals surface area contributed by atoms with Gasteiger partial charge in [-0.15, -0.1) is 0 Å². The first-order valence-electron chi connectivity index (χ1n) is 8.85. The Morgan fingerprint density at radius 1 is 1.24 bits per heavy atom. The molecule has 0 radical (unpaired) electrons. The van der Waals surface area contributed by atoms with Gasteiger partial charge < -0.3 is 9.80 Å². The van der Waals surface area contributed by atoms with Crippen LogP contribution in [0.4, 0.5) is 5.69 Å². The molecular weight excluding hydrogens is 314 g/mol. The van der Waals surface area contributed by atoms with E-state index in [9.17, 15) is 9.59 Å². The monoisotopic (exact) mass is 335 g/mol. The first kappa shape index (κ1) is 15.9. The Kier molecular flexibility index (Phi) is 3.84. The summed E-state index contributed by atoms with van der Waals surface area (Å²) >= 11 is 0. The molecule has 1 spiro atoms. The predicted octanol–water partition coefficient (Wildman–Crippen LogP) is 2.48. The van der Waals surface area contributed by atoms with Crippen molar-refractivity contribution in [2.45, 2.75) is 25.7 Å². The van der Waals surface area contributed by atoms with Crippen LogP contribution in [-0.2, 0) is 9.59 Å². The van der Waals surface area contributed by atoms with Crippen LogP contribution in [0.5, 0.6) is 0 Å². The van der Waals surface area contributed by atoms with Crippen LogP contribution in [0.3, 0.4) is 0 Å². The van der Waals surface area contributed by atoms with Crippen molar-refractivity contribution in [3.05, 3.63) is 42.0 Å². The second-order valence-corrected chi connectivity index (χ2v) is 7.47. The zero-order chi connectivity index (χ0) is 17.4. The van der Waals surface area contributed by atoms with Crippen LogP contribution < -0.4 is 4.90 Å². The third-order valence-corrected chi connectivity index (χ3v) is 5.71. The summed E-state index contributed by atoms with van der Waals surface area (Å²) in [6.45, 7) is 2.05. The van der Waals surface area contributed by atoms with E-state index in [4.69, 9.17) is 5.26 Å². The highest BCUT2D eigenvalue weighted by Crippen LogP contribution is 2.42. The van der Waals surface area contributed by atoms with Gasteiger partial charge in [0.05, 0.1) is 11.6 Å². The number of nitrogens with zero attached hydrogens (tertiary/aromatic N) is 3. The Morgan fingerprint density at radius 2 is 2.04 bits per heavy atom. The first-order valence-corrected chi connectivity index (χ1v) is 8.85. The van der Waals surface area contributed by atoms with E-state index in [-0.39, 0.29) is 23.1 Å². The van der Waals surface area contributed by atoms with Gasteiger partial charge in [-0.2, -0.15) is 5.26 Å². The fraction of sp³-hybridized carbons (Fsp3) is 0.450. The number of hydrogen-bond donors (Lipinski definition) is 0. The Labute approximate surface area is 147 Å². The lowest BCUT2D eigenvalue weighted by Gasteiger charge is -2.25. The van der Waals surface area contributed by atoms with Crippen LogP contribution in [-0.4, -0.2) is 36.3 Å². The van der Waals surface area contributed by atoms with Crippen molar-refractivity contribution >= 4 is 17.5 Å². The van der Waals surface area contributed by atoms with Gasteiger partial charge in [0, 0.05) is 43.1 Å². The number of hydrogen-bond acceptors (Lipinski definition) is 3. The maximum atomic E-state index is 12.7. The number of anilines is 1. The molecule has 1 aromatic carbocycles. The van der Waals surface area contributed by atoms with Gasteiger partial charge in [0.1, 0.15) is 0 Å². The van der Waals surface area contributed by atoms with Gasteiger partial charge in [-0.3, -0.25) is 9.59 Å². The van der Waals surface area contributed by atoms with Crippen molar-refractivity contribution < 1.29 is 9.59 Å². The van der Waals surface area contributed by atoms with E-state index in [1.165, 1.54) is 0 Å². The molecule has 2 fully saturated rings. The number of benzene rings is 1. The molecule has 3 aliphatic rings. The number of amides is 2. The summed E-state index contributed by atoms with van der Waals surface area (Å²) in [6.07, 6.45) is 7.20. The minimum Gasteiger partial charge on any atom is -0.342 e. The molecule has 1 atom stereocenters. The molecule has 1 aromatic rings. The molecule has 1 aliphatic carbocycles. The average Bonchev–Trinajstić information content (AvgIpc) is 3.36. The molecular formula is C20H21N3O2. The topological polar surface area (TPSA) is 64.4 Å². The fourth-order valence-electron chi connectivity index (χ4n) is 4.35. The maximum absolute atomic E-state index is 12.7. The van der Waals surface area contributed by atoms with Crippen molar-refractivity contribution in [2.75, 3.05) is 24.5 Å². The lowest BCUT2D eigenvalue weighted by Crippen LogP contribution is -2.36. The van der Waals surface area contributed by atoms with E-state index < -0.39 is 0 Å². The summed E-state index contributed by atoms with van der Waals surface area (Å²) in [5.74, 6) is 0.418. The van der Waals surface area contributed by atoms with Crippen LogP contribution in [0.25, 0.3) is 0 Å². The van der Waals surface area contributed by atoms with Crippen molar-refractivity contribution in [3.63, 3.8) is 0 Å². The Hall–Kier alpha value is -2.61. The van der Waals surface area contributed by atoms with Crippen LogP contribution in [0, 0.1) is 22.7 Å². The molecule has 0 N–H and O–H groups in total. The summed E-state index contributed by atoms with van der Waals surface area (Å²) in [7, 11) is 0. The maximum Gasteiger partial charge on any atom is 0.227 e. The summed E-state index contributed by atoms with van der Waals surface area (Å²) in [5, 5.41) is 9.07. The molecule has 2 saturated heterocycles. The highest BCUT2D eigenvalue weighted by molar-refractivity contribution is 5.96. The zero-order valence-corrected chi connectivity index (χ0v) is 14.1. The summed E-state index contributed by atoms with van der Waals surface area (Å²) in [5.41, 5.74) is 1.20. The molecule has 0 aromatic heterocycles. The second-order valence-electron chi connectivity index (χ2n) is 7.47. The Morgan fingerprint density at radius 3 is 2.80 bits per heavy atom. The van der Waals surface area contributed by atoms with E-state index in [2.05, 4.69) is 18.2 Å². The first-order chi connectivity index (χ1) is 12.1. The summed E-state index contributed by atoms with van der Waals surface area (Å²) < 4.78 is 0. The van der Waals surface area contributed by atoms with Gasteiger partial charge in [0.2, 0.25) is 11.8 Å². The van der Waals surface area contributed by atoms with Crippen molar-refractivity contribution in [1.29, 1.82) is 5.26 Å². The third kappa shape index (κ3) is 2.82. The molecule has 2 aliphatic heterocycles. The quantitative estimate of drug-likeness (QED) is 0.780. The van der Waals surface area contributed by atoms with Gasteiger partial charge in [-0.05, 0) is 37.5 Å². The third-order valence-electron chi connectivity index (χ3n) is 5.71. The summed E-state index contributed by atoms with van der Waals surface area (Å²) in [4.78, 5) is 29.0. The van der Waals surface area contributed by atoms with E-state index in [0.717, 1.165) is 31.5 Å². The van der Waals surface area contributed by atoms with Gasteiger partial charge in [0.25, 0.3) is 0 Å². The molecule has 5 heteroatoms. The standard InChI is InChI=1S/C20H21N3O2/c21-12-15-4-3-7-17(10-15)23-14-20(11-18(23)24)8-9-22(13-20)19(25)16-5-1-2-6-16/h1-4,7,10,16H,5-6,8-9,11,13-14H2/t20-/m0/s1. The predicted molar refractivity (Wildman–Crippen MR) is 93.6 cm³/mol. The molecule has 2 amide bonds. The second kappa shape index (κ2) is 6.03. The highest BCUT2D eigenvalue weighted by atomic mass is 16.2. The van der Waals surface area contributed by atoms with Gasteiger partial charge >= 0.3 is 0 Å². The SMILES string of the molecule is N#Cc1cccc(N2C[C@@]3(CCN(C(=O)C4CC=CC4)C3)CC2=O)c1. The van der Waals surface area contributed by atoms with Gasteiger partial charge in [0.15, 0.2) is 0 Å². The van der Waals surface area contributed by atoms with Crippen LogP contribution >= 0.6 is 0 Å². The Balaban J connectivity index is 1.48. The number of likely N-dealkylation sites (tertiary alicyclic amines) is 1. The van der Waals surface area contributed by atoms with Crippen molar-refractivity contribution in [2.24, 2.45) is 11.3 Å². The Bertz CT molecular complexity index is 786. The average molecular weight is 335 g/mol. The lowest BCUT2D eigenvalue weighted by atomic mass is 9.86. The highest BCUT2D eigenvalue weighted by Gasteiger charge is 2.49. The molecule has 25 heavy (non-hydrogen) atoms. The number of carbonyl (C=O) groups excluding carboxylic acids is 2. The van der Waals surface area contributed by atoms with E-state index in [1.54, 1.807) is 17.0 Å². The number of carbonyl (C=O) groups is 2. The van der Waals surface area contributed by atoms with Gasteiger partial charge in [-0.25, -0.2) is 0 Å². The number of allylic oxidation sites excluding steroid dienone is 2. The van der Waals surface area contributed by atoms with Crippen molar-refractivity contribution in [3.8, 4) is 6.07 Å². The molecule has 4 rings (SSSR count). The van der Waals surface area contributed by atoms with E-state index >= 15 is 0 Å². The smallest absolute Gasteiger partial charge is 0.227 e. The normalized spacial score (nSPS) is 26.0. The largest absolute Gasteiger partial charge is 0.342 e. The lowest BCUT2D eigenvalue weighted by molar-refractivity contribution is -0.134. The van der Waals surface area contributed by atoms with Crippen LogP contribution in [0.15, 0.2) is 36.4 Å². The molecule has 128 valence electrons. The number of rotatable bonds is 2. The molecule has 5 nitrogen and oxygen atoms in total. The van der Waals surface area contributed by atoms with Crippen LogP contribution in [0.2, 0.25) is 0 Å². The molecule has 0 unspecified atom stereocenters. The van der Waals surface area contributed by atoms with E-state index in [0.29, 0.717) is 25.1 Å². The number of nitriles is 1. The van der Waals surface area contributed by atoms with E-state index in [1.807, 2.05) is 17.0 Å². The van der Waals surface area contributed by atoms with Crippen LogP contribution in [0.1, 0.15) is 31.2 Å². The van der Waals surface area contributed by atoms with Crippen molar-refractivity contribution in [1.82, 2.24) is 4.90 Å². The molecule has 0 bridgehead atoms. The fourth-order valence-corrected chi connectivity index (χ4v) is 4.35.